The van der Waals surface area contributed by atoms with Crippen molar-refractivity contribution in [2.45, 2.75) is 25.3 Å². The number of phenolic OH excluding ortho intramolecular Hbond substituents is 1. The first-order chi connectivity index (χ1) is 7.81. The van der Waals surface area contributed by atoms with E-state index in [9.17, 15) is 5.11 Å². The summed E-state index contributed by atoms with van der Waals surface area (Å²) in [5.74, 6) is 1.91. The van der Waals surface area contributed by atoms with Crippen molar-refractivity contribution in [3.8, 4) is 5.75 Å². The summed E-state index contributed by atoms with van der Waals surface area (Å²) < 4.78 is 2.15. The summed E-state index contributed by atoms with van der Waals surface area (Å²) in [6.45, 7) is 1.37. The molecular weight excluding hydrogens is 202 g/mol. The number of phenols is 1. The number of nitrogens with two attached hydrogens (primary N) is 1. The first-order valence-corrected chi connectivity index (χ1v) is 5.69. The number of rotatable bonds is 3. The third kappa shape index (κ3) is 1.38. The molecule has 0 saturated heterocycles. The number of aromatic hydroxyl groups is 1. The van der Waals surface area contributed by atoms with Crippen LogP contribution in [0.3, 0.4) is 0 Å². The van der Waals surface area contributed by atoms with Crippen LogP contribution in [0.1, 0.15) is 24.6 Å². The highest BCUT2D eigenvalue weighted by atomic mass is 16.3. The number of imidazole rings is 1. The highest BCUT2D eigenvalue weighted by Gasteiger charge is 2.29. The Kier molecular flexibility index (Phi) is 2.11. The summed E-state index contributed by atoms with van der Waals surface area (Å²) in [6.07, 6.45) is 2.41. The zero-order valence-electron chi connectivity index (χ0n) is 9.06. The first kappa shape index (κ1) is 9.66. The average molecular weight is 217 g/mol. The van der Waals surface area contributed by atoms with Crippen molar-refractivity contribution in [3.05, 3.63) is 24.0 Å². The Bertz CT molecular complexity index is 528. The van der Waals surface area contributed by atoms with Crippen molar-refractivity contribution in [2.24, 2.45) is 5.73 Å². The van der Waals surface area contributed by atoms with Gasteiger partial charge in [-0.15, -0.1) is 0 Å². The molecule has 3 rings (SSSR count). The van der Waals surface area contributed by atoms with Gasteiger partial charge in [0.25, 0.3) is 0 Å². The third-order valence-corrected chi connectivity index (χ3v) is 3.08. The van der Waals surface area contributed by atoms with Crippen LogP contribution in [-0.4, -0.2) is 21.2 Å². The van der Waals surface area contributed by atoms with Crippen LogP contribution in [0.2, 0.25) is 0 Å². The Hall–Kier alpha value is -1.55. The molecule has 4 nitrogen and oxygen atoms in total. The fraction of sp³-hybridized carbons (Fsp3) is 0.417. The highest BCUT2D eigenvalue weighted by Crippen LogP contribution is 2.41. The van der Waals surface area contributed by atoms with Crippen LogP contribution in [-0.2, 0) is 6.54 Å². The van der Waals surface area contributed by atoms with E-state index in [0.717, 1.165) is 17.9 Å². The van der Waals surface area contributed by atoms with Gasteiger partial charge in [0.15, 0.2) is 0 Å². The highest BCUT2D eigenvalue weighted by molar-refractivity contribution is 5.82. The monoisotopic (exact) mass is 217 g/mol. The molecule has 16 heavy (non-hydrogen) atoms. The van der Waals surface area contributed by atoms with Gasteiger partial charge in [-0.3, -0.25) is 0 Å². The second kappa shape index (κ2) is 3.49. The van der Waals surface area contributed by atoms with Gasteiger partial charge in [0.1, 0.15) is 17.1 Å². The molecule has 1 saturated carbocycles. The van der Waals surface area contributed by atoms with Crippen molar-refractivity contribution in [1.82, 2.24) is 9.55 Å². The summed E-state index contributed by atoms with van der Waals surface area (Å²) >= 11 is 0. The molecule has 2 aromatic rings. The van der Waals surface area contributed by atoms with Gasteiger partial charge in [0, 0.05) is 19.0 Å². The lowest BCUT2D eigenvalue weighted by atomic mass is 10.3. The van der Waals surface area contributed by atoms with Crippen LogP contribution in [0.4, 0.5) is 0 Å². The van der Waals surface area contributed by atoms with Crippen molar-refractivity contribution < 1.29 is 5.11 Å². The Balaban J connectivity index is 2.23. The molecule has 1 aliphatic carbocycles. The molecule has 0 aliphatic heterocycles. The number of fused-ring (bicyclic) bond motifs is 1. The van der Waals surface area contributed by atoms with Gasteiger partial charge < -0.3 is 15.4 Å². The largest absolute Gasteiger partial charge is 0.506 e. The molecule has 0 atom stereocenters. The maximum Gasteiger partial charge on any atom is 0.143 e. The molecule has 1 aromatic carbocycles. The van der Waals surface area contributed by atoms with E-state index < -0.39 is 0 Å². The van der Waals surface area contributed by atoms with Gasteiger partial charge in [0.2, 0.25) is 0 Å². The topological polar surface area (TPSA) is 64.1 Å². The van der Waals surface area contributed by atoms with E-state index in [0.29, 0.717) is 18.0 Å². The molecule has 0 amide bonds. The molecule has 0 bridgehead atoms. The number of nitrogens with zero attached hydrogens (tertiary/aromatic N) is 2. The van der Waals surface area contributed by atoms with Crippen molar-refractivity contribution in [1.29, 1.82) is 0 Å². The van der Waals surface area contributed by atoms with E-state index in [4.69, 9.17) is 5.73 Å². The Morgan fingerprint density at radius 3 is 2.94 bits per heavy atom. The fourth-order valence-electron chi connectivity index (χ4n) is 2.17. The first-order valence-electron chi connectivity index (χ1n) is 5.69. The molecule has 0 radical (unpaired) electrons. The Morgan fingerprint density at radius 2 is 2.25 bits per heavy atom. The van der Waals surface area contributed by atoms with Crippen LogP contribution < -0.4 is 5.73 Å². The summed E-state index contributed by atoms with van der Waals surface area (Å²) in [5, 5.41) is 9.77. The van der Waals surface area contributed by atoms with E-state index in [2.05, 4.69) is 9.55 Å². The maximum absolute atomic E-state index is 9.77. The molecule has 1 fully saturated rings. The molecule has 1 aromatic heterocycles. The minimum absolute atomic E-state index is 0.259. The molecular formula is C12H15N3O. The molecule has 4 heteroatoms. The van der Waals surface area contributed by atoms with Gasteiger partial charge in [-0.05, 0) is 25.0 Å². The predicted molar refractivity (Wildman–Crippen MR) is 62.4 cm³/mol. The second-order valence-electron chi connectivity index (χ2n) is 4.33. The predicted octanol–water partition coefficient (Wildman–Crippen LogP) is 1.58. The van der Waals surface area contributed by atoms with Crippen molar-refractivity contribution in [2.75, 3.05) is 6.54 Å². The molecule has 84 valence electrons. The van der Waals surface area contributed by atoms with E-state index in [1.54, 1.807) is 6.07 Å². The second-order valence-corrected chi connectivity index (χ2v) is 4.33. The van der Waals surface area contributed by atoms with Crippen LogP contribution in [0.15, 0.2) is 18.2 Å². The minimum Gasteiger partial charge on any atom is -0.506 e. The number of para-hydroxylation sites is 1. The number of hydrogen-bond acceptors (Lipinski definition) is 3. The molecule has 1 aliphatic rings. The lowest BCUT2D eigenvalue weighted by molar-refractivity contribution is 0.480. The zero-order valence-corrected chi connectivity index (χ0v) is 9.06. The standard InChI is InChI=1S/C12H15N3O/c13-6-7-15-9-2-1-3-10(16)11(9)14-12(15)8-4-5-8/h1-3,8,16H,4-7,13H2. The SMILES string of the molecule is NCCn1c(C2CC2)nc2c(O)cccc21. The van der Waals surface area contributed by atoms with E-state index >= 15 is 0 Å². The molecule has 0 spiro atoms. The third-order valence-electron chi connectivity index (χ3n) is 3.08. The smallest absolute Gasteiger partial charge is 0.143 e. The van der Waals surface area contributed by atoms with Crippen LogP contribution in [0.5, 0.6) is 5.75 Å². The van der Waals surface area contributed by atoms with Gasteiger partial charge in [0.05, 0.1) is 5.52 Å². The zero-order chi connectivity index (χ0) is 11.1. The van der Waals surface area contributed by atoms with Crippen LogP contribution >= 0.6 is 0 Å². The molecule has 3 N–H and O–H groups in total. The Labute approximate surface area is 93.7 Å². The van der Waals surface area contributed by atoms with Crippen molar-refractivity contribution in [3.63, 3.8) is 0 Å². The number of benzene rings is 1. The van der Waals surface area contributed by atoms with Gasteiger partial charge >= 0.3 is 0 Å². The number of hydrogen-bond donors (Lipinski definition) is 2. The average Bonchev–Trinajstić information content (AvgIpc) is 3.05. The molecule has 1 heterocycles. The fourth-order valence-corrected chi connectivity index (χ4v) is 2.17. The normalized spacial score (nSPS) is 15.8. The summed E-state index contributed by atoms with van der Waals surface area (Å²) in [7, 11) is 0. The van der Waals surface area contributed by atoms with Crippen LogP contribution in [0.25, 0.3) is 11.0 Å². The van der Waals surface area contributed by atoms with Crippen LogP contribution in [0, 0.1) is 0 Å². The minimum atomic E-state index is 0.259. The van der Waals surface area contributed by atoms with Gasteiger partial charge in [-0.2, -0.15) is 0 Å². The quantitative estimate of drug-likeness (QED) is 0.820. The van der Waals surface area contributed by atoms with Gasteiger partial charge in [-0.1, -0.05) is 6.07 Å². The lowest BCUT2D eigenvalue weighted by Gasteiger charge is -2.06. The van der Waals surface area contributed by atoms with E-state index in [1.807, 2.05) is 12.1 Å². The lowest BCUT2D eigenvalue weighted by Crippen LogP contribution is -2.12. The van der Waals surface area contributed by atoms with E-state index in [-0.39, 0.29) is 5.75 Å². The Morgan fingerprint density at radius 1 is 1.44 bits per heavy atom. The summed E-state index contributed by atoms with van der Waals surface area (Å²) in [5.41, 5.74) is 7.33. The van der Waals surface area contributed by atoms with E-state index in [1.165, 1.54) is 12.8 Å². The number of aromatic nitrogens is 2. The summed E-state index contributed by atoms with van der Waals surface area (Å²) in [6, 6.07) is 5.52. The molecule has 0 unspecified atom stereocenters. The van der Waals surface area contributed by atoms with Crippen molar-refractivity contribution >= 4 is 11.0 Å². The summed E-state index contributed by atoms with van der Waals surface area (Å²) in [4.78, 5) is 4.55. The van der Waals surface area contributed by atoms with Gasteiger partial charge in [-0.25, -0.2) is 4.98 Å². The maximum atomic E-state index is 9.77.